The minimum Gasteiger partial charge on any atom is -0.369 e. The number of hydrogen-bond donors (Lipinski definition) is 0. The minimum absolute atomic E-state index is 0.0940. The molecular formula is C24H37FN2. The summed E-state index contributed by atoms with van der Waals surface area (Å²) in [5.41, 5.74) is 3.25. The van der Waals surface area contributed by atoms with Gasteiger partial charge in [-0.2, -0.15) is 0 Å². The molecule has 3 aliphatic rings. The fourth-order valence-electron chi connectivity index (χ4n) is 6.04. The van der Waals surface area contributed by atoms with Crippen molar-refractivity contribution >= 4 is 5.69 Å². The van der Waals surface area contributed by atoms with Crippen molar-refractivity contribution in [2.24, 2.45) is 16.7 Å². The maximum atomic E-state index is 14.2. The lowest BCUT2D eigenvalue weighted by atomic mass is 9.60. The van der Waals surface area contributed by atoms with E-state index in [0.717, 1.165) is 32.1 Å². The van der Waals surface area contributed by atoms with Crippen molar-refractivity contribution < 1.29 is 4.39 Å². The molecule has 0 amide bonds. The van der Waals surface area contributed by atoms with Gasteiger partial charge < -0.3 is 4.90 Å². The second kappa shape index (κ2) is 7.06. The lowest BCUT2D eigenvalue weighted by molar-refractivity contribution is 0.0969. The highest BCUT2D eigenvalue weighted by Crippen LogP contribution is 2.53. The summed E-state index contributed by atoms with van der Waals surface area (Å²) >= 11 is 0. The second-order valence-electron chi connectivity index (χ2n) is 11.0. The monoisotopic (exact) mass is 372 g/mol. The number of anilines is 1. The Hall–Kier alpha value is -1.09. The molecule has 150 valence electrons. The minimum atomic E-state index is -0.0940. The topological polar surface area (TPSA) is 6.48 Å². The Kier molecular flexibility index (Phi) is 5.03. The van der Waals surface area contributed by atoms with Crippen LogP contribution < -0.4 is 4.90 Å². The number of benzene rings is 1. The third-order valence-corrected chi connectivity index (χ3v) is 6.91. The standard InChI is InChI=1S/C24H37FN2/c1-23(2)14-19(15-24(3,4)17-23)21-8-7-20(25)13-22(21)27-11-9-26(10-12-27)16-18-5-6-18/h7-8,13,18-19H,5-6,9-12,14-17H2,1-4H3. The summed E-state index contributed by atoms with van der Waals surface area (Å²) in [7, 11) is 0. The highest BCUT2D eigenvalue weighted by molar-refractivity contribution is 5.56. The first kappa shape index (κ1) is 19.2. The van der Waals surface area contributed by atoms with Crippen LogP contribution in [0.25, 0.3) is 0 Å². The van der Waals surface area contributed by atoms with Gasteiger partial charge in [0.15, 0.2) is 0 Å². The zero-order valence-electron chi connectivity index (χ0n) is 17.7. The van der Waals surface area contributed by atoms with Gasteiger partial charge in [0.05, 0.1) is 0 Å². The van der Waals surface area contributed by atoms with Gasteiger partial charge in [-0.3, -0.25) is 4.90 Å². The molecule has 4 rings (SSSR count). The average molecular weight is 373 g/mol. The third kappa shape index (κ3) is 4.67. The molecule has 3 fully saturated rings. The molecule has 0 atom stereocenters. The number of nitrogens with zero attached hydrogens (tertiary/aromatic N) is 2. The predicted octanol–water partition coefficient (Wildman–Crippen LogP) is 5.68. The summed E-state index contributed by atoms with van der Waals surface area (Å²) in [6.07, 6.45) is 6.52. The number of rotatable bonds is 4. The Bertz CT molecular complexity index is 653. The van der Waals surface area contributed by atoms with E-state index in [1.54, 1.807) is 12.1 Å². The first-order valence-corrected chi connectivity index (χ1v) is 11.0. The summed E-state index contributed by atoms with van der Waals surface area (Å²) in [5, 5.41) is 0. The molecule has 0 radical (unpaired) electrons. The molecule has 2 saturated carbocycles. The zero-order chi connectivity index (χ0) is 19.2. The van der Waals surface area contributed by atoms with E-state index in [9.17, 15) is 4.39 Å². The van der Waals surface area contributed by atoms with Crippen LogP contribution in [0.4, 0.5) is 10.1 Å². The van der Waals surface area contributed by atoms with Crippen molar-refractivity contribution in [3.05, 3.63) is 29.6 Å². The van der Waals surface area contributed by atoms with Gasteiger partial charge in [0.25, 0.3) is 0 Å². The quantitative estimate of drug-likeness (QED) is 0.671. The summed E-state index contributed by atoms with van der Waals surface area (Å²) in [6, 6.07) is 5.57. The molecule has 0 N–H and O–H groups in total. The third-order valence-electron chi connectivity index (χ3n) is 6.91. The van der Waals surface area contributed by atoms with Gasteiger partial charge in [-0.1, -0.05) is 33.8 Å². The Morgan fingerprint density at radius 3 is 2.19 bits per heavy atom. The summed E-state index contributed by atoms with van der Waals surface area (Å²) in [4.78, 5) is 5.07. The van der Waals surface area contributed by atoms with Crippen LogP contribution in [0.5, 0.6) is 0 Å². The van der Waals surface area contributed by atoms with E-state index in [2.05, 4.69) is 43.6 Å². The lowest BCUT2D eigenvalue weighted by Crippen LogP contribution is -2.47. The van der Waals surface area contributed by atoms with Crippen LogP contribution in [0.15, 0.2) is 18.2 Å². The van der Waals surface area contributed by atoms with E-state index in [-0.39, 0.29) is 5.82 Å². The molecule has 0 spiro atoms. The molecule has 0 unspecified atom stereocenters. The van der Waals surface area contributed by atoms with E-state index >= 15 is 0 Å². The van der Waals surface area contributed by atoms with E-state index < -0.39 is 0 Å². The van der Waals surface area contributed by atoms with Gasteiger partial charge >= 0.3 is 0 Å². The Balaban J connectivity index is 1.54. The van der Waals surface area contributed by atoms with Crippen LogP contribution in [0.3, 0.4) is 0 Å². The fourth-order valence-corrected chi connectivity index (χ4v) is 6.04. The molecule has 27 heavy (non-hydrogen) atoms. The molecule has 2 nitrogen and oxygen atoms in total. The fraction of sp³-hybridized carbons (Fsp3) is 0.750. The van der Waals surface area contributed by atoms with Crippen molar-refractivity contribution in [2.45, 2.75) is 65.7 Å². The molecule has 0 aromatic heterocycles. The highest BCUT2D eigenvalue weighted by atomic mass is 19.1. The Morgan fingerprint density at radius 1 is 0.963 bits per heavy atom. The van der Waals surface area contributed by atoms with Crippen LogP contribution in [-0.4, -0.2) is 37.6 Å². The molecule has 1 saturated heterocycles. The molecule has 1 aromatic carbocycles. The van der Waals surface area contributed by atoms with Crippen molar-refractivity contribution in [1.29, 1.82) is 0 Å². The van der Waals surface area contributed by atoms with Gasteiger partial charge in [0, 0.05) is 38.4 Å². The van der Waals surface area contributed by atoms with Gasteiger partial charge in [-0.25, -0.2) is 4.39 Å². The van der Waals surface area contributed by atoms with Crippen LogP contribution in [0.2, 0.25) is 0 Å². The number of halogens is 1. The summed E-state index contributed by atoms with van der Waals surface area (Å²) in [6.45, 7) is 15.2. The molecular weight excluding hydrogens is 335 g/mol. The van der Waals surface area contributed by atoms with Crippen molar-refractivity contribution in [3.8, 4) is 0 Å². The summed E-state index contributed by atoms with van der Waals surface area (Å²) < 4.78 is 14.2. The Morgan fingerprint density at radius 2 is 1.59 bits per heavy atom. The maximum Gasteiger partial charge on any atom is 0.125 e. The molecule has 3 heteroatoms. The van der Waals surface area contributed by atoms with Crippen LogP contribution in [0, 0.1) is 22.6 Å². The average Bonchev–Trinajstić information content (AvgIpc) is 3.36. The largest absolute Gasteiger partial charge is 0.369 e. The summed E-state index contributed by atoms with van der Waals surface area (Å²) in [5.74, 6) is 1.39. The number of piperazine rings is 1. The van der Waals surface area contributed by atoms with Crippen molar-refractivity contribution in [2.75, 3.05) is 37.6 Å². The van der Waals surface area contributed by atoms with Gasteiger partial charge in [-0.15, -0.1) is 0 Å². The van der Waals surface area contributed by atoms with Crippen LogP contribution >= 0.6 is 0 Å². The van der Waals surface area contributed by atoms with Gasteiger partial charge in [-0.05, 0) is 72.5 Å². The smallest absolute Gasteiger partial charge is 0.125 e. The van der Waals surface area contributed by atoms with E-state index in [1.807, 2.05) is 0 Å². The zero-order valence-corrected chi connectivity index (χ0v) is 17.7. The van der Waals surface area contributed by atoms with Crippen LogP contribution in [-0.2, 0) is 0 Å². The first-order valence-electron chi connectivity index (χ1n) is 11.0. The van der Waals surface area contributed by atoms with Crippen molar-refractivity contribution in [3.63, 3.8) is 0 Å². The molecule has 1 aromatic rings. The SMILES string of the molecule is CC1(C)CC(c2ccc(F)cc2N2CCN(CC3CC3)CC2)CC(C)(C)C1. The normalized spacial score (nSPS) is 26.3. The molecule has 0 bridgehead atoms. The van der Waals surface area contributed by atoms with Crippen LogP contribution in [0.1, 0.15) is 71.3 Å². The van der Waals surface area contributed by atoms with E-state index in [1.165, 1.54) is 49.9 Å². The number of hydrogen-bond acceptors (Lipinski definition) is 2. The molecule has 1 aliphatic heterocycles. The van der Waals surface area contributed by atoms with Crippen molar-refractivity contribution in [1.82, 2.24) is 4.90 Å². The van der Waals surface area contributed by atoms with Gasteiger partial charge in [0.1, 0.15) is 5.82 Å². The maximum absolute atomic E-state index is 14.2. The predicted molar refractivity (Wildman–Crippen MR) is 112 cm³/mol. The lowest BCUT2D eigenvalue weighted by Gasteiger charge is -2.46. The Labute approximate surface area is 165 Å². The molecule has 2 aliphatic carbocycles. The highest BCUT2D eigenvalue weighted by Gasteiger charge is 2.40. The second-order valence-corrected chi connectivity index (χ2v) is 11.0. The van der Waals surface area contributed by atoms with E-state index in [0.29, 0.717) is 16.7 Å². The first-order chi connectivity index (χ1) is 12.7. The van der Waals surface area contributed by atoms with E-state index in [4.69, 9.17) is 0 Å². The molecule has 1 heterocycles. The van der Waals surface area contributed by atoms with Gasteiger partial charge in [0.2, 0.25) is 0 Å².